The van der Waals surface area contributed by atoms with Crippen molar-refractivity contribution in [3.8, 4) is 0 Å². The molecule has 1 atom stereocenters. The number of hydrogen-bond donors (Lipinski definition) is 2. The maximum absolute atomic E-state index is 9.19. The van der Waals surface area contributed by atoms with Gasteiger partial charge in [-0.25, -0.2) is 0 Å². The third-order valence-electron chi connectivity index (χ3n) is 5.64. The van der Waals surface area contributed by atoms with Crippen molar-refractivity contribution in [2.45, 2.75) is 42.0 Å². The van der Waals surface area contributed by atoms with Gasteiger partial charge >= 0.3 is 0 Å². The van der Waals surface area contributed by atoms with Crippen molar-refractivity contribution in [1.29, 1.82) is 0 Å². The van der Waals surface area contributed by atoms with Gasteiger partial charge in [0.15, 0.2) is 0 Å². The van der Waals surface area contributed by atoms with E-state index in [1.54, 1.807) is 0 Å². The molecule has 0 spiro atoms. The van der Waals surface area contributed by atoms with Gasteiger partial charge in [0.05, 0.1) is 12.5 Å². The smallest absolute Gasteiger partial charge is 0.261 e. The lowest BCUT2D eigenvalue weighted by Crippen LogP contribution is -2.46. The van der Waals surface area contributed by atoms with Crippen LogP contribution in [-0.2, 0) is 26.7 Å². The topological polar surface area (TPSA) is 115 Å². The number of benzene rings is 2. The molecule has 35 heavy (non-hydrogen) atoms. The van der Waals surface area contributed by atoms with Gasteiger partial charge in [0.1, 0.15) is 0 Å². The molecule has 1 unspecified atom stereocenters. The normalized spacial score (nSPS) is 18.8. The van der Waals surface area contributed by atoms with E-state index >= 15 is 0 Å². The van der Waals surface area contributed by atoms with E-state index in [4.69, 9.17) is 9.11 Å². The molecular weight excluding hydrogens is 508 g/mol. The standard InChI is InChI=1S/C22H28N2S.2CH4O3S/c1-16(2)17-8-9-22-19(14-17)20(24-12-10-23(3)11-13-24)15-18-6-4-5-7-21(18)25-22;2*1-5(2,3)4/h4-9,14,16,20H,10-13,15H2,1-3H3;2*1H3,(H,2,3,4). The van der Waals surface area contributed by atoms with Crippen LogP contribution in [0.2, 0.25) is 0 Å². The Morgan fingerprint density at radius 3 is 1.97 bits per heavy atom. The Bertz CT molecular complexity index is 1150. The molecule has 0 aromatic heterocycles. The first-order valence-electron chi connectivity index (χ1n) is 11.3. The van der Waals surface area contributed by atoms with E-state index in [2.05, 4.69) is 73.2 Å². The lowest BCUT2D eigenvalue weighted by atomic mass is 9.93. The molecule has 0 bridgehead atoms. The average Bonchev–Trinajstić information content (AvgIpc) is 2.88. The molecule has 1 fully saturated rings. The molecule has 2 heterocycles. The molecule has 4 rings (SSSR count). The first-order valence-corrected chi connectivity index (χ1v) is 15.8. The van der Waals surface area contributed by atoms with E-state index in [0.29, 0.717) is 24.5 Å². The molecule has 1 saturated heterocycles. The van der Waals surface area contributed by atoms with Gasteiger partial charge in [0.2, 0.25) is 0 Å². The van der Waals surface area contributed by atoms with Gasteiger partial charge in [-0.3, -0.25) is 14.0 Å². The molecule has 0 amide bonds. The SMILES string of the molecule is CC(C)c1ccc2c(c1)C(N1CCN(C)CC1)Cc1ccccc1S2.CS(=O)(=O)O.CS(=O)(=O)O. The van der Waals surface area contributed by atoms with Gasteiger partial charge in [-0.05, 0) is 48.2 Å². The fourth-order valence-electron chi connectivity index (χ4n) is 3.95. The molecule has 0 saturated carbocycles. The molecule has 8 nitrogen and oxygen atoms in total. The summed E-state index contributed by atoms with van der Waals surface area (Å²) in [6, 6.07) is 16.6. The van der Waals surface area contributed by atoms with Gasteiger partial charge in [0.25, 0.3) is 20.2 Å². The van der Waals surface area contributed by atoms with Crippen LogP contribution in [0, 0.1) is 0 Å². The summed E-state index contributed by atoms with van der Waals surface area (Å²) in [5.74, 6) is 0.578. The molecular formula is C24H36N2O6S3. The zero-order chi connectivity index (χ0) is 26.4. The van der Waals surface area contributed by atoms with Gasteiger partial charge in [-0.1, -0.05) is 55.9 Å². The monoisotopic (exact) mass is 544 g/mol. The van der Waals surface area contributed by atoms with Crippen LogP contribution in [0.1, 0.15) is 42.5 Å². The number of fused-ring (bicyclic) bond motifs is 2. The second-order valence-electron chi connectivity index (χ2n) is 9.19. The minimum Gasteiger partial charge on any atom is -0.304 e. The van der Waals surface area contributed by atoms with E-state index in [9.17, 15) is 16.8 Å². The van der Waals surface area contributed by atoms with Crippen LogP contribution < -0.4 is 0 Å². The fraction of sp³-hybridized carbons (Fsp3) is 0.500. The van der Waals surface area contributed by atoms with Crippen LogP contribution in [0.5, 0.6) is 0 Å². The summed E-state index contributed by atoms with van der Waals surface area (Å²) in [5.41, 5.74) is 4.50. The molecule has 0 aliphatic carbocycles. The summed E-state index contributed by atoms with van der Waals surface area (Å²) in [7, 11) is -5.10. The fourth-order valence-corrected chi connectivity index (χ4v) is 5.06. The van der Waals surface area contributed by atoms with Gasteiger partial charge in [-0.2, -0.15) is 16.8 Å². The number of hydrogen-bond acceptors (Lipinski definition) is 7. The van der Waals surface area contributed by atoms with Crippen molar-refractivity contribution in [3.63, 3.8) is 0 Å². The third-order valence-corrected chi connectivity index (χ3v) is 6.85. The van der Waals surface area contributed by atoms with Gasteiger partial charge < -0.3 is 4.90 Å². The second-order valence-corrected chi connectivity index (χ2v) is 13.2. The Balaban J connectivity index is 0.000000368. The largest absolute Gasteiger partial charge is 0.304 e. The highest BCUT2D eigenvalue weighted by atomic mass is 32.2. The van der Waals surface area contributed by atoms with Crippen molar-refractivity contribution in [1.82, 2.24) is 9.80 Å². The summed E-state index contributed by atoms with van der Waals surface area (Å²) < 4.78 is 51.7. The number of piperazine rings is 1. The first-order chi connectivity index (χ1) is 16.1. The van der Waals surface area contributed by atoms with Crippen LogP contribution in [0.3, 0.4) is 0 Å². The van der Waals surface area contributed by atoms with Gasteiger partial charge in [-0.15, -0.1) is 0 Å². The van der Waals surface area contributed by atoms with E-state index in [1.807, 2.05) is 11.8 Å². The van der Waals surface area contributed by atoms with Crippen molar-refractivity contribution in [2.75, 3.05) is 45.7 Å². The zero-order valence-corrected chi connectivity index (χ0v) is 23.3. The Hall–Kier alpha value is -1.47. The Kier molecular flexibility index (Phi) is 10.8. The number of nitrogens with zero attached hydrogens (tertiary/aromatic N) is 2. The summed E-state index contributed by atoms with van der Waals surface area (Å²) in [4.78, 5) is 8.03. The molecule has 11 heteroatoms. The molecule has 2 aliphatic heterocycles. The molecule has 196 valence electrons. The number of rotatable bonds is 2. The highest BCUT2D eigenvalue weighted by Gasteiger charge is 2.29. The quantitative estimate of drug-likeness (QED) is 0.545. The third kappa shape index (κ3) is 11.0. The van der Waals surface area contributed by atoms with E-state index in [0.717, 1.165) is 6.42 Å². The van der Waals surface area contributed by atoms with Crippen LogP contribution >= 0.6 is 11.8 Å². The van der Waals surface area contributed by atoms with Crippen molar-refractivity contribution >= 4 is 32.0 Å². The van der Waals surface area contributed by atoms with Crippen LogP contribution in [0.4, 0.5) is 0 Å². The Morgan fingerprint density at radius 1 is 0.886 bits per heavy atom. The lowest BCUT2D eigenvalue weighted by Gasteiger charge is -2.38. The van der Waals surface area contributed by atoms with E-state index in [1.165, 1.54) is 52.7 Å². The second kappa shape index (κ2) is 12.7. The molecule has 2 aromatic rings. The molecule has 0 radical (unpaired) electrons. The maximum Gasteiger partial charge on any atom is 0.261 e. The maximum atomic E-state index is 9.19. The molecule has 2 N–H and O–H groups in total. The molecule has 2 aromatic carbocycles. The van der Waals surface area contributed by atoms with Crippen LogP contribution in [0.15, 0.2) is 52.3 Å². The first kappa shape index (κ1) is 29.8. The lowest BCUT2D eigenvalue weighted by molar-refractivity contribution is 0.110. The predicted octanol–water partition coefficient (Wildman–Crippen LogP) is 3.81. The summed E-state index contributed by atoms with van der Waals surface area (Å²) in [6.07, 6.45) is 2.56. The van der Waals surface area contributed by atoms with Crippen molar-refractivity contribution < 1.29 is 25.9 Å². The average molecular weight is 545 g/mol. The van der Waals surface area contributed by atoms with Crippen molar-refractivity contribution in [2.24, 2.45) is 0 Å². The molecule has 2 aliphatic rings. The Morgan fingerprint density at radius 2 is 1.43 bits per heavy atom. The minimum atomic E-state index is -3.67. The zero-order valence-electron chi connectivity index (χ0n) is 20.9. The summed E-state index contributed by atoms with van der Waals surface area (Å²) in [6.45, 7) is 9.27. The summed E-state index contributed by atoms with van der Waals surface area (Å²) in [5, 5.41) is 0. The predicted molar refractivity (Wildman–Crippen MR) is 142 cm³/mol. The van der Waals surface area contributed by atoms with Gasteiger partial charge in [0, 0.05) is 42.0 Å². The minimum absolute atomic E-state index is 0.499. The Labute approximate surface area is 214 Å². The van der Waals surface area contributed by atoms with E-state index < -0.39 is 20.2 Å². The van der Waals surface area contributed by atoms with E-state index in [-0.39, 0.29) is 0 Å². The van der Waals surface area contributed by atoms with Crippen LogP contribution in [0.25, 0.3) is 0 Å². The van der Waals surface area contributed by atoms with Crippen LogP contribution in [-0.4, -0.2) is 81.5 Å². The number of likely N-dealkylation sites (N-methyl/N-ethyl adjacent to an activating group) is 1. The summed E-state index contributed by atoms with van der Waals surface area (Å²) >= 11 is 1.95. The highest BCUT2D eigenvalue weighted by molar-refractivity contribution is 7.99. The van der Waals surface area contributed by atoms with Crippen molar-refractivity contribution in [3.05, 3.63) is 59.2 Å². The highest BCUT2D eigenvalue weighted by Crippen LogP contribution is 2.43.